The van der Waals surface area contributed by atoms with Crippen molar-refractivity contribution in [3.63, 3.8) is 0 Å². The summed E-state index contributed by atoms with van der Waals surface area (Å²) in [6.07, 6.45) is 9.93. The molecule has 1 aromatic rings. The molecule has 1 amide bonds. The van der Waals surface area contributed by atoms with Gasteiger partial charge in [-0.25, -0.2) is 4.98 Å². The molecule has 0 fully saturated rings. The van der Waals surface area contributed by atoms with Gasteiger partial charge in [-0.05, 0) is 39.0 Å². The van der Waals surface area contributed by atoms with Gasteiger partial charge in [0.05, 0.1) is 12.1 Å². The quantitative estimate of drug-likeness (QED) is 0.815. The van der Waals surface area contributed by atoms with Crippen LogP contribution in [0.5, 0.6) is 0 Å². The van der Waals surface area contributed by atoms with E-state index in [1.807, 2.05) is 6.92 Å². The van der Waals surface area contributed by atoms with Gasteiger partial charge in [-0.2, -0.15) is 0 Å². The molecule has 98 valence electrons. The van der Waals surface area contributed by atoms with Gasteiger partial charge >= 0.3 is 0 Å². The molecule has 0 radical (unpaired) electrons. The minimum absolute atomic E-state index is 0.00580. The lowest BCUT2D eigenvalue weighted by atomic mass is 9.97. The van der Waals surface area contributed by atoms with E-state index in [1.54, 1.807) is 0 Å². The van der Waals surface area contributed by atoms with Gasteiger partial charge in [-0.3, -0.25) is 4.79 Å². The molecule has 1 aliphatic carbocycles. The molecule has 4 nitrogen and oxygen atoms in total. The normalized spacial score (nSPS) is 15.3. The van der Waals surface area contributed by atoms with Crippen LogP contribution in [0.25, 0.3) is 0 Å². The fourth-order valence-electron chi connectivity index (χ4n) is 2.20. The first-order chi connectivity index (χ1) is 8.75. The van der Waals surface area contributed by atoms with Crippen molar-refractivity contribution < 1.29 is 9.21 Å². The maximum Gasteiger partial charge on any atom is 0.227 e. The molecular formula is C14H20N2O2. The predicted octanol–water partition coefficient (Wildman–Crippen LogP) is 2.53. The molecule has 0 spiro atoms. The third kappa shape index (κ3) is 3.72. The topological polar surface area (TPSA) is 55.1 Å². The van der Waals surface area contributed by atoms with Gasteiger partial charge in [0.2, 0.25) is 5.91 Å². The van der Waals surface area contributed by atoms with Crippen LogP contribution in [-0.2, 0) is 11.2 Å². The fourth-order valence-corrected chi connectivity index (χ4v) is 2.20. The number of allylic oxidation sites excluding steroid dienone is 1. The molecule has 1 aromatic heterocycles. The molecule has 0 atom stereocenters. The smallest absolute Gasteiger partial charge is 0.227 e. The van der Waals surface area contributed by atoms with Crippen molar-refractivity contribution in [1.82, 2.24) is 10.3 Å². The minimum atomic E-state index is 0.00580. The number of amides is 1. The van der Waals surface area contributed by atoms with Gasteiger partial charge in [-0.15, -0.1) is 0 Å². The van der Waals surface area contributed by atoms with Crippen molar-refractivity contribution in [2.24, 2.45) is 0 Å². The summed E-state index contributed by atoms with van der Waals surface area (Å²) >= 11 is 0. The van der Waals surface area contributed by atoms with E-state index in [-0.39, 0.29) is 12.3 Å². The Morgan fingerprint density at radius 3 is 3.06 bits per heavy atom. The zero-order valence-corrected chi connectivity index (χ0v) is 10.9. The lowest BCUT2D eigenvalue weighted by Crippen LogP contribution is -2.26. The highest BCUT2D eigenvalue weighted by Crippen LogP contribution is 2.19. The molecule has 0 bridgehead atoms. The van der Waals surface area contributed by atoms with Crippen LogP contribution in [0.3, 0.4) is 0 Å². The molecule has 0 aliphatic heterocycles. The number of hydrogen-bond donors (Lipinski definition) is 1. The molecule has 0 unspecified atom stereocenters. The number of hydrogen-bond acceptors (Lipinski definition) is 3. The Labute approximate surface area is 107 Å². The van der Waals surface area contributed by atoms with Crippen molar-refractivity contribution in [2.45, 2.75) is 45.4 Å². The zero-order chi connectivity index (χ0) is 12.8. The van der Waals surface area contributed by atoms with E-state index in [9.17, 15) is 4.79 Å². The molecule has 1 N–H and O–H groups in total. The Hall–Kier alpha value is -1.58. The first-order valence-electron chi connectivity index (χ1n) is 6.59. The summed E-state index contributed by atoms with van der Waals surface area (Å²) in [5.41, 5.74) is 2.28. The molecule has 1 heterocycles. The second-order valence-corrected chi connectivity index (χ2v) is 4.75. The molecule has 18 heavy (non-hydrogen) atoms. The van der Waals surface area contributed by atoms with E-state index < -0.39 is 0 Å². The third-order valence-corrected chi connectivity index (χ3v) is 3.32. The van der Waals surface area contributed by atoms with Gasteiger partial charge in [0.25, 0.3) is 0 Å². The average Bonchev–Trinajstić information content (AvgIpc) is 2.76. The predicted molar refractivity (Wildman–Crippen MR) is 69.1 cm³/mol. The van der Waals surface area contributed by atoms with E-state index in [0.717, 1.165) is 18.7 Å². The molecule has 4 heteroatoms. The second-order valence-electron chi connectivity index (χ2n) is 4.75. The summed E-state index contributed by atoms with van der Waals surface area (Å²) < 4.78 is 5.15. The molecule has 0 saturated carbocycles. The summed E-state index contributed by atoms with van der Waals surface area (Å²) in [5.74, 6) is 0.663. The number of rotatable bonds is 5. The fraction of sp³-hybridized carbons (Fsp3) is 0.571. The van der Waals surface area contributed by atoms with Crippen molar-refractivity contribution in [3.8, 4) is 0 Å². The first kappa shape index (κ1) is 12.9. The molecule has 0 aromatic carbocycles. The minimum Gasteiger partial charge on any atom is -0.448 e. The highest BCUT2D eigenvalue weighted by molar-refractivity contribution is 5.78. The van der Waals surface area contributed by atoms with Gasteiger partial charge in [0.1, 0.15) is 5.76 Å². The SMILES string of the molecule is Cc1ncoc1CC(=O)NCCC1=CCCCC1. The molecule has 2 rings (SSSR count). The van der Waals surface area contributed by atoms with Crippen LogP contribution in [0, 0.1) is 6.92 Å². The van der Waals surface area contributed by atoms with Crippen LogP contribution in [0.4, 0.5) is 0 Å². The average molecular weight is 248 g/mol. The summed E-state index contributed by atoms with van der Waals surface area (Å²) in [5, 5.41) is 2.93. The maximum absolute atomic E-state index is 11.7. The zero-order valence-electron chi connectivity index (χ0n) is 10.9. The van der Waals surface area contributed by atoms with Gasteiger partial charge < -0.3 is 9.73 Å². The Bertz CT molecular complexity index is 435. The Morgan fingerprint density at radius 2 is 2.39 bits per heavy atom. The van der Waals surface area contributed by atoms with Crippen molar-refractivity contribution in [2.75, 3.05) is 6.54 Å². The molecule has 1 aliphatic rings. The van der Waals surface area contributed by atoms with E-state index in [1.165, 1.54) is 37.7 Å². The number of carbonyl (C=O) groups excluding carboxylic acids is 1. The molecular weight excluding hydrogens is 228 g/mol. The van der Waals surface area contributed by atoms with E-state index >= 15 is 0 Å². The van der Waals surface area contributed by atoms with E-state index in [0.29, 0.717) is 5.76 Å². The number of nitrogens with one attached hydrogen (secondary N) is 1. The summed E-state index contributed by atoms with van der Waals surface area (Å²) in [4.78, 5) is 15.7. The summed E-state index contributed by atoms with van der Waals surface area (Å²) in [6.45, 7) is 2.57. The van der Waals surface area contributed by atoms with Crippen molar-refractivity contribution >= 4 is 5.91 Å². The highest BCUT2D eigenvalue weighted by atomic mass is 16.3. The Morgan fingerprint density at radius 1 is 1.50 bits per heavy atom. The number of oxazole rings is 1. The third-order valence-electron chi connectivity index (χ3n) is 3.32. The number of nitrogens with zero attached hydrogens (tertiary/aromatic N) is 1. The van der Waals surface area contributed by atoms with Crippen LogP contribution in [0.1, 0.15) is 43.6 Å². The lowest BCUT2D eigenvalue weighted by molar-refractivity contribution is -0.120. The maximum atomic E-state index is 11.7. The number of carbonyl (C=O) groups is 1. The monoisotopic (exact) mass is 248 g/mol. The number of aromatic nitrogens is 1. The van der Waals surface area contributed by atoms with Crippen molar-refractivity contribution in [3.05, 3.63) is 29.5 Å². The van der Waals surface area contributed by atoms with E-state index in [4.69, 9.17) is 4.42 Å². The van der Waals surface area contributed by atoms with Crippen LogP contribution < -0.4 is 5.32 Å². The van der Waals surface area contributed by atoms with Crippen molar-refractivity contribution in [1.29, 1.82) is 0 Å². The van der Waals surface area contributed by atoms with E-state index in [2.05, 4.69) is 16.4 Å². The van der Waals surface area contributed by atoms with Crippen LogP contribution in [0.15, 0.2) is 22.5 Å². The standard InChI is InChI=1S/C14H20N2O2/c1-11-13(18-10-16-11)9-14(17)15-8-7-12-5-3-2-4-6-12/h5,10H,2-4,6-9H2,1H3,(H,15,17). The van der Waals surface area contributed by atoms with Gasteiger partial charge in [0, 0.05) is 6.54 Å². The largest absolute Gasteiger partial charge is 0.448 e. The Kier molecular flexibility index (Phi) is 4.56. The summed E-state index contributed by atoms with van der Waals surface area (Å²) in [6, 6.07) is 0. The lowest BCUT2D eigenvalue weighted by Gasteiger charge is -2.12. The first-order valence-corrected chi connectivity index (χ1v) is 6.59. The van der Waals surface area contributed by atoms with Crippen LogP contribution in [0.2, 0.25) is 0 Å². The highest BCUT2D eigenvalue weighted by Gasteiger charge is 2.10. The van der Waals surface area contributed by atoms with Crippen LogP contribution >= 0.6 is 0 Å². The molecule has 0 saturated heterocycles. The summed E-state index contributed by atoms with van der Waals surface area (Å²) in [7, 11) is 0. The van der Waals surface area contributed by atoms with Gasteiger partial charge in [0.15, 0.2) is 6.39 Å². The Balaban J connectivity index is 1.69. The second kappa shape index (κ2) is 6.38. The van der Waals surface area contributed by atoms with Crippen LogP contribution in [-0.4, -0.2) is 17.4 Å². The number of aryl methyl sites for hydroxylation is 1. The van der Waals surface area contributed by atoms with Gasteiger partial charge in [-0.1, -0.05) is 11.6 Å².